The number of nitrogens with two attached hydrogens (primary N) is 2. The number of hydrogen-bond acceptors (Lipinski definition) is 8. The normalized spacial score (nSPS) is 15.4. The van der Waals surface area contributed by atoms with E-state index in [0.717, 1.165) is 36.0 Å². The number of aliphatic imine (C=N–C) groups is 1. The van der Waals surface area contributed by atoms with Gasteiger partial charge in [0.15, 0.2) is 0 Å². The van der Waals surface area contributed by atoms with Gasteiger partial charge in [-0.3, -0.25) is 4.79 Å². The maximum absolute atomic E-state index is 12.7. The van der Waals surface area contributed by atoms with E-state index < -0.39 is 16.9 Å². The highest BCUT2D eigenvalue weighted by molar-refractivity contribution is 6.05. The van der Waals surface area contributed by atoms with Gasteiger partial charge in [-0.1, -0.05) is 30.7 Å². The van der Waals surface area contributed by atoms with E-state index in [1.54, 1.807) is 12.4 Å². The molecule has 0 spiro atoms. The van der Waals surface area contributed by atoms with Crippen LogP contribution in [0, 0.1) is 0 Å². The first-order valence-corrected chi connectivity index (χ1v) is 11.0. The Hall–Kier alpha value is -3.92. The number of amidine groups is 1. The molecule has 0 unspecified atom stereocenters. The molecule has 0 radical (unpaired) electrons. The van der Waals surface area contributed by atoms with Crippen molar-refractivity contribution < 1.29 is 9.90 Å². The van der Waals surface area contributed by atoms with Crippen LogP contribution < -0.4 is 16.8 Å². The fraction of sp³-hybridized carbons (Fsp3) is 0.333. The Labute approximate surface area is 197 Å². The predicted octanol–water partition coefficient (Wildman–Crippen LogP) is 2.32. The standard InChI is InChI=1S/C24H28N8O2/c1-23(2,14-33)32-19-13-27-18(12-28-19)20(34)31-21(25)24(8-3-9-24)17-6-4-15(5-7-17)16-10-29-22(26)30-11-16/h4-7,10-13,33H,3,8-9,14H2,1-2H3,(H,28,32)(H2,25,31,34)(H2,26,29,30). The molecule has 0 bridgehead atoms. The van der Waals surface area contributed by atoms with E-state index in [2.05, 4.69) is 30.2 Å². The van der Waals surface area contributed by atoms with Crippen molar-refractivity contribution in [1.82, 2.24) is 19.9 Å². The number of nitrogens with one attached hydrogen (secondary N) is 1. The van der Waals surface area contributed by atoms with E-state index in [-0.39, 0.29) is 24.1 Å². The number of carbonyl (C=O) groups excluding carboxylic acids is 1. The first kappa shape index (κ1) is 23.2. The number of nitrogen functional groups attached to an aromatic ring is 1. The quantitative estimate of drug-likeness (QED) is 0.306. The predicted molar refractivity (Wildman–Crippen MR) is 130 cm³/mol. The number of nitrogens with zero attached hydrogens (tertiary/aromatic N) is 5. The van der Waals surface area contributed by atoms with E-state index in [1.165, 1.54) is 12.4 Å². The SMILES string of the molecule is CC(C)(CO)Nc1cnc(C(=O)N=C(N)C2(c3ccc(-c4cnc(N)nc4)cc3)CCC2)cn1. The van der Waals surface area contributed by atoms with Crippen LogP contribution in [0.25, 0.3) is 11.1 Å². The molecule has 1 aliphatic rings. The molecule has 0 atom stereocenters. The third-order valence-electron chi connectivity index (χ3n) is 6.09. The van der Waals surface area contributed by atoms with Gasteiger partial charge in [-0.05, 0) is 37.8 Å². The molecule has 1 aliphatic carbocycles. The molecule has 10 heteroatoms. The summed E-state index contributed by atoms with van der Waals surface area (Å²) in [4.78, 5) is 33.4. The van der Waals surface area contributed by atoms with Gasteiger partial charge in [-0.2, -0.15) is 4.99 Å². The molecule has 6 N–H and O–H groups in total. The molecule has 1 saturated carbocycles. The maximum atomic E-state index is 12.7. The third-order valence-corrected chi connectivity index (χ3v) is 6.09. The number of rotatable bonds is 7. The van der Waals surface area contributed by atoms with Crippen molar-refractivity contribution in [1.29, 1.82) is 0 Å². The van der Waals surface area contributed by atoms with Crippen molar-refractivity contribution >= 4 is 23.5 Å². The number of aliphatic hydroxyl groups is 1. The smallest absolute Gasteiger partial charge is 0.298 e. The zero-order valence-electron chi connectivity index (χ0n) is 19.2. The zero-order chi connectivity index (χ0) is 24.3. The Balaban J connectivity index is 1.52. The molecule has 4 rings (SSSR count). The highest BCUT2D eigenvalue weighted by atomic mass is 16.3. The van der Waals surface area contributed by atoms with Crippen LogP contribution in [-0.4, -0.2) is 48.9 Å². The highest BCUT2D eigenvalue weighted by Crippen LogP contribution is 2.44. The second-order valence-corrected chi connectivity index (χ2v) is 9.10. The molecule has 1 aromatic carbocycles. The lowest BCUT2D eigenvalue weighted by Crippen LogP contribution is -2.47. The third kappa shape index (κ3) is 4.72. The molecule has 2 heterocycles. The average Bonchev–Trinajstić information content (AvgIpc) is 2.79. The molecular weight excluding hydrogens is 432 g/mol. The first-order chi connectivity index (χ1) is 16.2. The first-order valence-electron chi connectivity index (χ1n) is 11.0. The summed E-state index contributed by atoms with van der Waals surface area (Å²) in [5.41, 5.74) is 13.8. The van der Waals surface area contributed by atoms with Gasteiger partial charge in [0.1, 0.15) is 17.3 Å². The van der Waals surface area contributed by atoms with Gasteiger partial charge in [0, 0.05) is 18.0 Å². The summed E-state index contributed by atoms with van der Waals surface area (Å²) < 4.78 is 0. The minimum Gasteiger partial charge on any atom is -0.394 e. The summed E-state index contributed by atoms with van der Waals surface area (Å²) in [5, 5.41) is 12.4. The number of anilines is 2. The molecule has 10 nitrogen and oxygen atoms in total. The lowest BCUT2D eigenvalue weighted by atomic mass is 9.63. The van der Waals surface area contributed by atoms with E-state index in [0.29, 0.717) is 5.82 Å². The number of aromatic nitrogens is 4. The Morgan fingerprint density at radius 1 is 1.06 bits per heavy atom. The Kier molecular flexibility index (Phi) is 6.25. The van der Waals surface area contributed by atoms with Crippen LogP contribution in [0.5, 0.6) is 0 Å². The van der Waals surface area contributed by atoms with E-state index in [4.69, 9.17) is 11.5 Å². The molecule has 34 heavy (non-hydrogen) atoms. The molecular formula is C24H28N8O2. The number of benzene rings is 1. The number of carbonyl (C=O) groups is 1. The maximum Gasteiger partial charge on any atom is 0.298 e. The van der Waals surface area contributed by atoms with Crippen molar-refractivity contribution in [3.05, 3.63) is 60.3 Å². The molecule has 176 valence electrons. The van der Waals surface area contributed by atoms with Crippen molar-refractivity contribution in [2.24, 2.45) is 10.7 Å². The molecule has 1 fully saturated rings. The lowest BCUT2D eigenvalue weighted by Gasteiger charge is -2.41. The monoisotopic (exact) mass is 460 g/mol. The molecule has 3 aromatic rings. The summed E-state index contributed by atoms with van der Waals surface area (Å²) >= 11 is 0. The second-order valence-electron chi connectivity index (χ2n) is 9.10. The Morgan fingerprint density at radius 2 is 1.74 bits per heavy atom. The van der Waals surface area contributed by atoms with Gasteiger partial charge >= 0.3 is 0 Å². The van der Waals surface area contributed by atoms with Crippen molar-refractivity contribution in [2.75, 3.05) is 17.7 Å². The number of hydrogen-bond donors (Lipinski definition) is 4. The zero-order valence-corrected chi connectivity index (χ0v) is 19.2. The minimum absolute atomic E-state index is 0.0764. The van der Waals surface area contributed by atoms with Crippen LogP contribution in [0.1, 0.15) is 49.2 Å². The van der Waals surface area contributed by atoms with Crippen LogP contribution >= 0.6 is 0 Å². The fourth-order valence-corrected chi connectivity index (χ4v) is 3.85. The van der Waals surface area contributed by atoms with E-state index in [9.17, 15) is 9.90 Å². The topological polar surface area (TPSA) is 165 Å². The minimum atomic E-state index is -0.560. The van der Waals surface area contributed by atoms with Gasteiger partial charge in [-0.15, -0.1) is 0 Å². The number of aliphatic hydroxyl groups excluding tert-OH is 1. The highest BCUT2D eigenvalue weighted by Gasteiger charge is 2.43. The van der Waals surface area contributed by atoms with Crippen LogP contribution in [0.15, 0.2) is 54.0 Å². The van der Waals surface area contributed by atoms with Crippen LogP contribution in [0.2, 0.25) is 0 Å². The van der Waals surface area contributed by atoms with Gasteiger partial charge in [0.25, 0.3) is 5.91 Å². The Morgan fingerprint density at radius 3 is 2.26 bits per heavy atom. The summed E-state index contributed by atoms with van der Waals surface area (Å²) in [6.45, 7) is 3.58. The molecule has 1 amide bonds. The van der Waals surface area contributed by atoms with Crippen molar-refractivity contribution in [3.63, 3.8) is 0 Å². The largest absolute Gasteiger partial charge is 0.394 e. The second kappa shape index (κ2) is 9.14. The molecule has 0 aliphatic heterocycles. The van der Waals surface area contributed by atoms with Gasteiger partial charge in [-0.25, -0.2) is 19.9 Å². The van der Waals surface area contributed by atoms with Gasteiger partial charge in [0.05, 0.1) is 30.0 Å². The van der Waals surface area contributed by atoms with Crippen LogP contribution in [-0.2, 0) is 5.41 Å². The summed E-state index contributed by atoms with van der Waals surface area (Å²) in [7, 11) is 0. The van der Waals surface area contributed by atoms with Crippen molar-refractivity contribution in [2.45, 2.75) is 44.1 Å². The van der Waals surface area contributed by atoms with Gasteiger partial charge < -0.3 is 21.9 Å². The van der Waals surface area contributed by atoms with Crippen molar-refractivity contribution in [3.8, 4) is 11.1 Å². The molecule has 0 saturated heterocycles. The summed E-state index contributed by atoms with van der Waals surface area (Å²) in [5.74, 6) is 0.416. The summed E-state index contributed by atoms with van der Waals surface area (Å²) in [6, 6.07) is 7.96. The van der Waals surface area contributed by atoms with E-state index in [1.807, 2.05) is 38.1 Å². The lowest BCUT2D eigenvalue weighted by molar-refractivity contribution is 0.0996. The van der Waals surface area contributed by atoms with E-state index >= 15 is 0 Å². The fourth-order valence-electron chi connectivity index (χ4n) is 3.85. The number of amides is 1. The Bertz CT molecular complexity index is 1190. The molecule has 2 aromatic heterocycles. The van der Waals surface area contributed by atoms with Crippen LogP contribution in [0.3, 0.4) is 0 Å². The average molecular weight is 461 g/mol. The van der Waals surface area contributed by atoms with Gasteiger partial charge in [0.2, 0.25) is 5.95 Å². The van der Waals surface area contributed by atoms with Crippen LogP contribution in [0.4, 0.5) is 11.8 Å². The summed E-state index contributed by atoms with van der Waals surface area (Å²) in [6.07, 6.45) is 8.77.